The molecule has 0 spiro atoms. The molecule has 10 heteroatoms. The highest BCUT2D eigenvalue weighted by molar-refractivity contribution is 7.92. The second-order valence-electron chi connectivity index (χ2n) is 8.62. The molecule has 0 radical (unpaired) electrons. The quantitative estimate of drug-likeness (QED) is 0.339. The summed E-state index contributed by atoms with van der Waals surface area (Å²) >= 11 is 0. The van der Waals surface area contributed by atoms with Crippen LogP contribution in [0, 0.1) is 19.8 Å². The van der Waals surface area contributed by atoms with Crippen LogP contribution >= 0.6 is 0 Å². The summed E-state index contributed by atoms with van der Waals surface area (Å²) in [5.41, 5.74) is 2.42. The van der Waals surface area contributed by atoms with Crippen LogP contribution < -0.4 is 19.5 Å². The molecule has 2 aromatic carbocycles. The number of benzene rings is 2. The number of hydrogen-bond donors (Lipinski definition) is 2. The number of carbonyl (C=O) groups is 1. The maximum absolute atomic E-state index is 12.6. The van der Waals surface area contributed by atoms with Crippen LogP contribution in [-0.2, 0) is 14.8 Å². The number of methoxy groups -OCH3 is 1. The Morgan fingerprint density at radius 1 is 1.11 bits per heavy atom. The van der Waals surface area contributed by atoms with Crippen molar-refractivity contribution in [3.63, 3.8) is 0 Å². The standard InChI is InChI=1S/C26H31N3O6S/c1-17(2)14-15-34-23-12-6-20(16-24(23)33-5)7-13-25(30)27-21-8-10-22(11-9-21)36(31,32)29-26-18(3)19(4)28-35-26/h6-13,16-17,29H,14-15H2,1-5H3,(H,27,30). The molecular weight excluding hydrogens is 482 g/mol. The molecule has 0 aliphatic heterocycles. The van der Waals surface area contributed by atoms with Crippen LogP contribution in [0.25, 0.3) is 6.08 Å². The number of amides is 1. The van der Waals surface area contributed by atoms with Crippen molar-refractivity contribution in [3.05, 3.63) is 65.4 Å². The van der Waals surface area contributed by atoms with E-state index in [9.17, 15) is 13.2 Å². The van der Waals surface area contributed by atoms with Gasteiger partial charge in [-0.1, -0.05) is 25.1 Å². The molecule has 0 fully saturated rings. The van der Waals surface area contributed by atoms with E-state index < -0.39 is 10.0 Å². The zero-order chi connectivity index (χ0) is 26.3. The molecule has 0 bridgehead atoms. The van der Waals surface area contributed by atoms with E-state index in [1.54, 1.807) is 33.1 Å². The van der Waals surface area contributed by atoms with Crippen molar-refractivity contribution in [3.8, 4) is 11.5 Å². The minimum atomic E-state index is -3.87. The third kappa shape index (κ3) is 7.11. The number of hydrogen-bond acceptors (Lipinski definition) is 7. The first kappa shape index (κ1) is 26.8. The van der Waals surface area contributed by atoms with Crippen molar-refractivity contribution in [1.29, 1.82) is 0 Å². The molecule has 2 N–H and O–H groups in total. The van der Waals surface area contributed by atoms with Gasteiger partial charge in [0, 0.05) is 17.3 Å². The lowest BCUT2D eigenvalue weighted by Crippen LogP contribution is -2.13. The minimum absolute atomic E-state index is 0.0206. The van der Waals surface area contributed by atoms with Crippen molar-refractivity contribution >= 4 is 33.6 Å². The molecule has 1 amide bonds. The minimum Gasteiger partial charge on any atom is -0.493 e. The maximum atomic E-state index is 12.6. The van der Waals surface area contributed by atoms with E-state index >= 15 is 0 Å². The van der Waals surface area contributed by atoms with Gasteiger partial charge in [-0.2, -0.15) is 0 Å². The van der Waals surface area contributed by atoms with E-state index in [1.807, 2.05) is 12.1 Å². The van der Waals surface area contributed by atoms with Crippen molar-refractivity contribution in [1.82, 2.24) is 5.16 Å². The number of nitrogens with one attached hydrogen (secondary N) is 2. The number of aromatic nitrogens is 1. The molecule has 192 valence electrons. The summed E-state index contributed by atoms with van der Waals surface area (Å²) in [5.74, 6) is 1.48. The lowest BCUT2D eigenvalue weighted by molar-refractivity contribution is -0.111. The Morgan fingerprint density at radius 3 is 2.44 bits per heavy atom. The Bertz CT molecular complexity index is 1330. The molecule has 3 rings (SSSR count). The molecule has 0 aliphatic carbocycles. The molecule has 0 atom stereocenters. The average Bonchev–Trinajstić information content (AvgIpc) is 3.15. The summed E-state index contributed by atoms with van der Waals surface area (Å²) in [4.78, 5) is 12.4. The fourth-order valence-electron chi connectivity index (χ4n) is 3.08. The lowest BCUT2D eigenvalue weighted by atomic mass is 10.1. The first-order valence-electron chi connectivity index (χ1n) is 11.4. The number of rotatable bonds is 11. The largest absolute Gasteiger partial charge is 0.493 e. The number of anilines is 2. The monoisotopic (exact) mass is 513 g/mol. The van der Waals surface area contributed by atoms with Gasteiger partial charge in [0.1, 0.15) is 0 Å². The molecule has 9 nitrogen and oxygen atoms in total. The Kier molecular flexibility index (Phi) is 8.76. The number of aryl methyl sites for hydroxylation is 1. The van der Waals surface area contributed by atoms with Gasteiger partial charge in [0.05, 0.1) is 24.3 Å². The zero-order valence-electron chi connectivity index (χ0n) is 21.0. The molecule has 1 heterocycles. The van der Waals surface area contributed by atoms with Crippen LogP contribution in [0.1, 0.15) is 37.1 Å². The highest BCUT2D eigenvalue weighted by atomic mass is 32.2. The Hall–Kier alpha value is -3.79. The molecular formula is C26H31N3O6S. The summed E-state index contributed by atoms with van der Waals surface area (Å²) in [7, 11) is -2.30. The number of ether oxygens (including phenoxy) is 2. The van der Waals surface area contributed by atoms with E-state index in [2.05, 4.69) is 29.0 Å². The zero-order valence-corrected chi connectivity index (χ0v) is 21.8. The Morgan fingerprint density at radius 2 is 1.83 bits per heavy atom. The van der Waals surface area contributed by atoms with Crippen LogP contribution in [0.5, 0.6) is 11.5 Å². The first-order valence-corrected chi connectivity index (χ1v) is 12.9. The average molecular weight is 514 g/mol. The van der Waals surface area contributed by atoms with E-state index in [4.69, 9.17) is 14.0 Å². The highest BCUT2D eigenvalue weighted by Crippen LogP contribution is 2.29. The second kappa shape index (κ2) is 11.8. The van der Waals surface area contributed by atoms with Crippen LogP contribution in [0.2, 0.25) is 0 Å². The normalized spacial score (nSPS) is 11.6. The Balaban J connectivity index is 1.60. The fraction of sp³-hybridized carbons (Fsp3) is 0.308. The van der Waals surface area contributed by atoms with Gasteiger partial charge >= 0.3 is 0 Å². The van der Waals surface area contributed by atoms with Gasteiger partial charge < -0.3 is 19.3 Å². The summed E-state index contributed by atoms with van der Waals surface area (Å²) in [5, 5.41) is 6.45. The van der Waals surface area contributed by atoms with Crippen molar-refractivity contribution in [2.75, 3.05) is 23.8 Å². The number of sulfonamides is 1. The van der Waals surface area contributed by atoms with Gasteiger partial charge in [0.15, 0.2) is 11.5 Å². The molecule has 0 unspecified atom stereocenters. The molecule has 0 saturated heterocycles. The van der Waals surface area contributed by atoms with Gasteiger partial charge in [0.25, 0.3) is 10.0 Å². The van der Waals surface area contributed by atoms with E-state index in [0.29, 0.717) is 41.0 Å². The SMILES string of the molecule is COc1cc(C=CC(=O)Nc2ccc(S(=O)(=O)Nc3onc(C)c3C)cc2)ccc1OCCC(C)C. The van der Waals surface area contributed by atoms with Gasteiger partial charge in [-0.05, 0) is 74.2 Å². The summed E-state index contributed by atoms with van der Waals surface area (Å²) in [6, 6.07) is 11.2. The van der Waals surface area contributed by atoms with Crippen LogP contribution in [0.3, 0.4) is 0 Å². The van der Waals surface area contributed by atoms with E-state index in [0.717, 1.165) is 12.0 Å². The topological polar surface area (TPSA) is 120 Å². The number of carbonyl (C=O) groups excluding carboxylic acids is 1. The van der Waals surface area contributed by atoms with Crippen LogP contribution in [0.4, 0.5) is 11.6 Å². The predicted molar refractivity (Wildman–Crippen MR) is 139 cm³/mol. The third-order valence-electron chi connectivity index (χ3n) is 5.38. The second-order valence-corrected chi connectivity index (χ2v) is 10.3. The van der Waals surface area contributed by atoms with E-state index in [-0.39, 0.29) is 16.7 Å². The Labute approximate surface area is 211 Å². The van der Waals surface area contributed by atoms with Gasteiger partial charge in [-0.3, -0.25) is 4.79 Å². The molecule has 0 aliphatic rings. The summed E-state index contributed by atoms with van der Waals surface area (Å²) in [6.07, 6.45) is 3.98. The molecule has 1 aromatic heterocycles. The third-order valence-corrected chi connectivity index (χ3v) is 6.73. The maximum Gasteiger partial charge on any atom is 0.264 e. The van der Waals surface area contributed by atoms with Crippen molar-refractivity contribution < 1.29 is 27.2 Å². The summed E-state index contributed by atoms with van der Waals surface area (Å²) in [6.45, 7) is 8.30. The fourth-order valence-corrected chi connectivity index (χ4v) is 4.12. The number of nitrogens with zero attached hydrogens (tertiary/aromatic N) is 1. The lowest BCUT2D eigenvalue weighted by Gasteiger charge is -2.12. The summed E-state index contributed by atoms with van der Waals surface area (Å²) < 4.78 is 43.8. The molecule has 36 heavy (non-hydrogen) atoms. The van der Waals surface area contributed by atoms with Crippen molar-refractivity contribution in [2.24, 2.45) is 5.92 Å². The molecule has 0 saturated carbocycles. The van der Waals surface area contributed by atoms with Gasteiger partial charge in [-0.25, -0.2) is 13.1 Å². The van der Waals surface area contributed by atoms with Crippen molar-refractivity contribution in [2.45, 2.75) is 39.0 Å². The first-order chi connectivity index (χ1) is 17.1. The van der Waals surface area contributed by atoms with Gasteiger partial charge in [0.2, 0.25) is 11.8 Å². The van der Waals surface area contributed by atoms with Gasteiger partial charge in [-0.15, -0.1) is 0 Å². The van der Waals surface area contributed by atoms with Crippen LogP contribution in [-0.4, -0.2) is 33.2 Å². The van der Waals surface area contributed by atoms with Crippen LogP contribution in [0.15, 0.2) is 58.0 Å². The van der Waals surface area contributed by atoms with E-state index in [1.165, 1.54) is 30.3 Å². The smallest absolute Gasteiger partial charge is 0.264 e. The highest BCUT2D eigenvalue weighted by Gasteiger charge is 2.19. The predicted octanol–water partition coefficient (Wildman–Crippen LogP) is 5.18. The molecule has 3 aromatic rings.